The smallest absolute Gasteiger partial charge is 0.358 e. The van der Waals surface area contributed by atoms with Crippen LogP contribution >= 0.6 is 0 Å². The molecule has 3 heterocycles. The van der Waals surface area contributed by atoms with Crippen molar-refractivity contribution in [2.45, 2.75) is 78.9 Å². The van der Waals surface area contributed by atoms with Crippen LogP contribution in [-0.4, -0.2) is 28.6 Å². The summed E-state index contributed by atoms with van der Waals surface area (Å²) in [4.78, 5) is 20.5. The molecule has 5 nitrogen and oxygen atoms in total. The molecule has 0 bridgehead atoms. The topological polar surface area (TPSA) is 47.4 Å². The number of aryl methyl sites for hydroxylation is 2. The summed E-state index contributed by atoms with van der Waals surface area (Å²) in [6, 6.07) is 19.2. The molecular formula is C34H41N3O2. The normalized spacial score (nSPS) is 16.5. The van der Waals surface area contributed by atoms with Crippen LogP contribution in [0.4, 0.5) is 5.69 Å². The number of anilines is 1. The van der Waals surface area contributed by atoms with Gasteiger partial charge in [-0.3, -0.25) is 0 Å². The fourth-order valence-electron chi connectivity index (χ4n) is 6.38. The van der Waals surface area contributed by atoms with Crippen molar-refractivity contribution in [2.24, 2.45) is 0 Å². The highest BCUT2D eigenvalue weighted by Gasteiger charge is 2.52. The number of para-hydroxylation sites is 1. The molecule has 5 rings (SSSR count). The highest BCUT2D eigenvalue weighted by atomic mass is 16.6. The summed E-state index contributed by atoms with van der Waals surface area (Å²) in [6.45, 7) is 13.9. The molecule has 0 fully saturated rings. The number of nitrogens with zero attached hydrogens (tertiary/aromatic N) is 3. The molecule has 0 aliphatic carbocycles. The molecule has 2 aromatic carbocycles. The van der Waals surface area contributed by atoms with Crippen molar-refractivity contribution in [1.29, 1.82) is 0 Å². The van der Waals surface area contributed by atoms with E-state index in [1.807, 2.05) is 12.1 Å². The predicted molar refractivity (Wildman–Crippen MR) is 160 cm³/mol. The average Bonchev–Trinajstić information content (AvgIpc) is 3.43. The van der Waals surface area contributed by atoms with E-state index >= 15 is 0 Å². The largest absolute Gasteiger partial charge is 0.439 e. The van der Waals surface area contributed by atoms with E-state index in [0.717, 1.165) is 59.3 Å². The molecule has 0 saturated heterocycles. The Morgan fingerprint density at radius 3 is 2.36 bits per heavy atom. The van der Waals surface area contributed by atoms with E-state index in [0.29, 0.717) is 5.69 Å². The first kappa shape index (κ1) is 27.0. The number of carbonyl (C=O) groups is 1. The van der Waals surface area contributed by atoms with Crippen LogP contribution in [0.1, 0.15) is 91.8 Å². The second-order valence-corrected chi connectivity index (χ2v) is 10.6. The van der Waals surface area contributed by atoms with Gasteiger partial charge in [0.2, 0.25) is 0 Å². The van der Waals surface area contributed by atoms with Gasteiger partial charge in [0.25, 0.3) is 0 Å². The van der Waals surface area contributed by atoms with Crippen molar-refractivity contribution in [3.8, 4) is 0 Å². The molecule has 0 amide bonds. The maximum atomic E-state index is 13.5. The van der Waals surface area contributed by atoms with Crippen LogP contribution in [0.5, 0.6) is 0 Å². The third kappa shape index (κ3) is 4.42. The Morgan fingerprint density at radius 2 is 1.67 bits per heavy atom. The summed E-state index contributed by atoms with van der Waals surface area (Å²) in [5, 5.41) is 1.11. The van der Waals surface area contributed by atoms with Crippen LogP contribution in [0.2, 0.25) is 0 Å². The molecule has 1 aliphatic rings. The first-order valence-electron chi connectivity index (χ1n) is 14.7. The first-order chi connectivity index (χ1) is 19.0. The lowest BCUT2D eigenvalue weighted by Crippen LogP contribution is -2.32. The van der Waals surface area contributed by atoms with Crippen LogP contribution in [0.15, 0.2) is 60.8 Å². The van der Waals surface area contributed by atoms with E-state index in [-0.39, 0.29) is 5.97 Å². The fourth-order valence-corrected chi connectivity index (χ4v) is 6.38. The summed E-state index contributed by atoms with van der Waals surface area (Å²) in [5.74, 6) is -0.364. The third-order valence-electron chi connectivity index (χ3n) is 8.30. The minimum atomic E-state index is -1.06. The van der Waals surface area contributed by atoms with Gasteiger partial charge in [-0.05, 0) is 62.9 Å². The first-order valence-corrected chi connectivity index (χ1v) is 14.7. The van der Waals surface area contributed by atoms with Gasteiger partial charge in [-0.25, -0.2) is 9.78 Å². The van der Waals surface area contributed by atoms with Crippen molar-refractivity contribution in [3.63, 3.8) is 0 Å². The molecule has 1 aliphatic heterocycles. The highest BCUT2D eigenvalue weighted by Crippen LogP contribution is 2.51. The van der Waals surface area contributed by atoms with Crippen molar-refractivity contribution in [3.05, 3.63) is 94.4 Å². The summed E-state index contributed by atoms with van der Waals surface area (Å²) in [5.41, 5.74) is 6.95. The average molecular weight is 524 g/mol. The maximum Gasteiger partial charge on any atom is 0.358 e. The highest BCUT2D eigenvalue weighted by molar-refractivity contribution is 5.97. The Bertz CT molecular complexity index is 1480. The number of pyridine rings is 1. The van der Waals surface area contributed by atoms with Gasteiger partial charge in [0.05, 0.1) is 0 Å². The molecule has 0 N–H and O–H groups in total. The SMILES string of the molecule is CCCCN(CCCC)c1ccc(C2(c3c(C)n(CC)c4ccccc34)OC(=O)c3ncccc32)c(CC)c1. The van der Waals surface area contributed by atoms with Crippen LogP contribution < -0.4 is 4.90 Å². The van der Waals surface area contributed by atoms with Gasteiger partial charge in [0.1, 0.15) is 0 Å². The number of unbranched alkanes of at least 4 members (excludes halogenated alkanes) is 2. The van der Waals surface area contributed by atoms with Gasteiger partial charge in [0, 0.05) is 64.8 Å². The van der Waals surface area contributed by atoms with E-state index in [1.165, 1.54) is 36.9 Å². The number of esters is 1. The number of cyclic esters (lactones) is 1. The van der Waals surface area contributed by atoms with Gasteiger partial charge >= 0.3 is 5.97 Å². The molecule has 39 heavy (non-hydrogen) atoms. The summed E-state index contributed by atoms with van der Waals surface area (Å²) in [7, 11) is 0. The lowest BCUT2D eigenvalue weighted by molar-refractivity contribution is 0.0248. The van der Waals surface area contributed by atoms with E-state index < -0.39 is 5.60 Å². The Morgan fingerprint density at radius 1 is 0.923 bits per heavy atom. The summed E-state index contributed by atoms with van der Waals surface area (Å²) < 4.78 is 8.91. The minimum absolute atomic E-state index is 0.364. The van der Waals surface area contributed by atoms with Gasteiger partial charge in [-0.15, -0.1) is 0 Å². The Labute approximate surface area is 232 Å². The third-order valence-corrected chi connectivity index (χ3v) is 8.30. The molecule has 0 saturated carbocycles. The Kier molecular flexibility index (Phi) is 7.79. The number of fused-ring (bicyclic) bond motifs is 2. The lowest BCUT2D eigenvalue weighted by Gasteiger charge is -2.33. The molecule has 4 aromatic rings. The van der Waals surface area contributed by atoms with E-state index in [9.17, 15) is 4.79 Å². The number of ether oxygens (including phenoxy) is 1. The van der Waals surface area contributed by atoms with E-state index in [2.05, 4.69) is 91.5 Å². The summed E-state index contributed by atoms with van der Waals surface area (Å²) in [6.07, 6.45) is 7.20. The molecule has 0 spiro atoms. The number of aromatic nitrogens is 2. The second-order valence-electron chi connectivity index (χ2n) is 10.6. The predicted octanol–water partition coefficient (Wildman–Crippen LogP) is 7.80. The van der Waals surface area contributed by atoms with Crippen molar-refractivity contribution in [2.75, 3.05) is 18.0 Å². The van der Waals surface area contributed by atoms with Gasteiger partial charge in [-0.2, -0.15) is 0 Å². The van der Waals surface area contributed by atoms with Crippen molar-refractivity contribution in [1.82, 2.24) is 9.55 Å². The second kappa shape index (κ2) is 11.3. The van der Waals surface area contributed by atoms with E-state index in [4.69, 9.17) is 4.74 Å². The van der Waals surface area contributed by atoms with Crippen LogP contribution in [0, 0.1) is 6.92 Å². The molecule has 5 heteroatoms. The fraction of sp³-hybridized carbons (Fsp3) is 0.412. The molecule has 0 radical (unpaired) electrons. The molecular weight excluding hydrogens is 482 g/mol. The molecule has 2 aromatic heterocycles. The van der Waals surface area contributed by atoms with Crippen molar-refractivity contribution >= 4 is 22.6 Å². The Balaban J connectivity index is 1.79. The minimum Gasteiger partial charge on any atom is -0.439 e. The zero-order valence-electron chi connectivity index (χ0n) is 24.1. The zero-order valence-corrected chi connectivity index (χ0v) is 24.1. The number of rotatable bonds is 11. The lowest BCUT2D eigenvalue weighted by atomic mass is 9.77. The molecule has 204 valence electrons. The maximum absolute atomic E-state index is 13.5. The summed E-state index contributed by atoms with van der Waals surface area (Å²) >= 11 is 0. The monoisotopic (exact) mass is 523 g/mol. The number of carbonyl (C=O) groups excluding carboxylic acids is 1. The zero-order chi connectivity index (χ0) is 27.6. The van der Waals surface area contributed by atoms with E-state index in [1.54, 1.807) is 6.20 Å². The van der Waals surface area contributed by atoms with Crippen LogP contribution in [0.25, 0.3) is 10.9 Å². The van der Waals surface area contributed by atoms with Crippen LogP contribution in [0.3, 0.4) is 0 Å². The molecule has 1 atom stereocenters. The number of hydrogen-bond acceptors (Lipinski definition) is 4. The van der Waals surface area contributed by atoms with Gasteiger partial charge < -0.3 is 14.2 Å². The molecule has 1 unspecified atom stereocenters. The van der Waals surface area contributed by atoms with Gasteiger partial charge in [0.15, 0.2) is 11.3 Å². The quantitative estimate of drug-likeness (QED) is 0.188. The van der Waals surface area contributed by atoms with Crippen molar-refractivity contribution < 1.29 is 9.53 Å². The number of hydrogen-bond donors (Lipinski definition) is 0. The number of benzene rings is 2. The standard InChI is InChI=1S/C34H41N3O2/c1-6-10-21-36(22-11-7-2)26-18-19-28(25(8-3)23-26)34(29-16-14-20-35-32(29)33(38)39-34)31-24(5)37(9-4)30-17-13-12-15-27(30)31/h12-20,23H,6-11,21-22H2,1-5H3. The van der Waals surface area contributed by atoms with Gasteiger partial charge in [-0.1, -0.05) is 63.9 Å². The Hall–Kier alpha value is -3.60. The van der Waals surface area contributed by atoms with Crippen LogP contribution in [-0.2, 0) is 23.3 Å².